The predicted octanol–water partition coefficient (Wildman–Crippen LogP) is 3.52. The summed E-state index contributed by atoms with van der Waals surface area (Å²) in [6.07, 6.45) is 2.73. The standard InChI is InChI=1S/C22H22ClN3O3/c1-3-21(28)26-13-5-7-17-18(6-4-8-19(17)26)22(29)25(2)14-20(27)24-16-11-9-15(23)10-12-16/h3-4,6,8-12H,1,5,7,13-14H2,2H3,(H,24,27). The number of halogens is 1. The number of nitrogens with one attached hydrogen (secondary N) is 1. The van der Waals surface area contributed by atoms with Crippen LogP contribution in [0.3, 0.4) is 0 Å². The van der Waals surface area contributed by atoms with Crippen molar-refractivity contribution < 1.29 is 14.4 Å². The lowest BCUT2D eigenvalue weighted by Crippen LogP contribution is -2.37. The minimum atomic E-state index is -0.309. The van der Waals surface area contributed by atoms with Gasteiger partial charge in [0.15, 0.2) is 0 Å². The van der Waals surface area contributed by atoms with Crippen molar-refractivity contribution in [2.24, 2.45) is 0 Å². The minimum absolute atomic E-state index is 0.0968. The Kier molecular flexibility index (Phi) is 6.34. The van der Waals surface area contributed by atoms with Crippen molar-refractivity contribution >= 4 is 40.7 Å². The Labute approximate surface area is 174 Å². The largest absolute Gasteiger partial charge is 0.332 e. The molecule has 0 aromatic heterocycles. The molecule has 0 bridgehead atoms. The highest BCUT2D eigenvalue weighted by atomic mass is 35.5. The summed E-state index contributed by atoms with van der Waals surface area (Å²) in [5, 5.41) is 3.32. The molecule has 0 spiro atoms. The van der Waals surface area contributed by atoms with Gasteiger partial charge in [-0.3, -0.25) is 14.4 Å². The molecule has 1 heterocycles. The Hall–Kier alpha value is -3.12. The average Bonchev–Trinajstić information content (AvgIpc) is 2.73. The maximum Gasteiger partial charge on any atom is 0.254 e. The fourth-order valence-corrected chi connectivity index (χ4v) is 3.52. The van der Waals surface area contributed by atoms with Crippen LogP contribution in [0.2, 0.25) is 5.02 Å². The summed E-state index contributed by atoms with van der Waals surface area (Å²) in [4.78, 5) is 40.5. The first-order valence-corrected chi connectivity index (χ1v) is 9.65. The first-order valence-electron chi connectivity index (χ1n) is 9.27. The van der Waals surface area contributed by atoms with Crippen LogP contribution in [-0.4, -0.2) is 42.8 Å². The second-order valence-corrected chi connectivity index (χ2v) is 7.25. The molecule has 6 nitrogen and oxygen atoms in total. The van der Waals surface area contributed by atoms with Crippen molar-refractivity contribution in [3.05, 3.63) is 71.3 Å². The molecule has 0 fully saturated rings. The molecular weight excluding hydrogens is 390 g/mol. The molecule has 0 atom stereocenters. The number of fused-ring (bicyclic) bond motifs is 1. The van der Waals surface area contributed by atoms with E-state index in [-0.39, 0.29) is 24.3 Å². The molecule has 0 saturated heterocycles. The molecule has 29 heavy (non-hydrogen) atoms. The zero-order chi connectivity index (χ0) is 21.0. The molecule has 3 amide bonds. The van der Waals surface area contributed by atoms with Crippen LogP contribution in [0.15, 0.2) is 55.1 Å². The summed E-state index contributed by atoms with van der Waals surface area (Å²) >= 11 is 5.84. The lowest BCUT2D eigenvalue weighted by molar-refractivity contribution is -0.116. The van der Waals surface area contributed by atoms with Gasteiger partial charge in [0.1, 0.15) is 0 Å². The SMILES string of the molecule is C=CC(=O)N1CCCc2c(C(=O)N(C)CC(=O)Nc3ccc(Cl)cc3)cccc21. The lowest BCUT2D eigenvalue weighted by atomic mass is 9.95. The number of nitrogens with zero attached hydrogens (tertiary/aromatic N) is 2. The number of amides is 3. The van der Waals surface area contributed by atoms with E-state index < -0.39 is 0 Å². The number of hydrogen-bond donors (Lipinski definition) is 1. The summed E-state index contributed by atoms with van der Waals surface area (Å²) < 4.78 is 0. The Morgan fingerprint density at radius 3 is 2.62 bits per heavy atom. The van der Waals surface area contributed by atoms with Crippen molar-refractivity contribution in [2.45, 2.75) is 12.8 Å². The normalized spacial score (nSPS) is 12.7. The number of anilines is 2. The fourth-order valence-electron chi connectivity index (χ4n) is 3.39. The molecule has 2 aromatic carbocycles. The van der Waals surface area contributed by atoms with E-state index in [9.17, 15) is 14.4 Å². The second-order valence-electron chi connectivity index (χ2n) is 6.82. The minimum Gasteiger partial charge on any atom is -0.332 e. The summed E-state index contributed by atoms with van der Waals surface area (Å²) in [6, 6.07) is 12.1. The molecule has 2 aromatic rings. The molecule has 1 aliphatic rings. The molecule has 0 aliphatic carbocycles. The average molecular weight is 412 g/mol. The quantitative estimate of drug-likeness (QED) is 0.765. The Balaban J connectivity index is 1.74. The van der Waals surface area contributed by atoms with Crippen LogP contribution < -0.4 is 10.2 Å². The van der Waals surface area contributed by atoms with Crippen LogP contribution >= 0.6 is 11.6 Å². The van der Waals surface area contributed by atoms with Crippen LogP contribution in [0.5, 0.6) is 0 Å². The van der Waals surface area contributed by atoms with Crippen molar-refractivity contribution in [3.8, 4) is 0 Å². The van der Waals surface area contributed by atoms with Gasteiger partial charge < -0.3 is 15.1 Å². The molecule has 150 valence electrons. The van der Waals surface area contributed by atoms with Crippen LogP contribution in [0.4, 0.5) is 11.4 Å². The van der Waals surface area contributed by atoms with Gasteiger partial charge in [0, 0.05) is 35.6 Å². The van der Waals surface area contributed by atoms with Gasteiger partial charge in [-0.15, -0.1) is 0 Å². The molecular formula is C22H22ClN3O3. The number of likely N-dealkylation sites (N-methyl/N-ethyl adjacent to an activating group) is 1. The maximum absolute atomic E-state index is 13.0. The molecule has 0 radical (unpaired) electrons. The Bertz CT molecular complexity index is 956. The van der Waals surface area contributed by atoms with Gasteiger partial charge in [-0.05, 0) is 60.9 Å². The van der Waals surface area contributed by atoms with E-state index >= 15 is 0 Å². The molecule has 0 unspecified atom stereocenters. The summed E-state index contributed by atoms with van der Waals surface area (Å²) in [7, 11) is 1.58. The van der Waals surface area contributed by atoms with Gasteiger partial charge in [-0.1, -0.05) is 24.2 Å². The highest BCUT2D eigenvalue weighted by Gasteiger charge is 2.26. The van der Waals surface area contributed by atoms with Gasteiger partial charge >= 0.3 is 0 Å². The first kappa shape index (κ1) is 20.6. The van der Waals surface area contributed by atoms with Gasteiger partial charge in [-0.2, -0.15) is 0 Å². The van der Waals surface area contributed by atoms with Crippen molar-refractivity contribution in [1.29, 1.82) is 0 Å². The third-order valence-electron chi connectivity index (χ3n) is 4.78. The van der Waals surface area contributed by atoms with E-state index in [0.29, 0.717) is 29.2 Å². The molecule has 7 heteroatoms. The summed E-state index contributed by atoms with van der Waals surface area (Å²) in [6.45, 7) is 4.04. The van der Waals surface area contributed by atoms with Crippen molar-refractivity contribution in [2.75, 3.05) is 30.4 Å². The number of benzene rings is 2. The van der Waals surface area contributed by atoms with E-state index in [1.54, 1.807) is 48.3 Å². The maximum atomic E-state index is 13.0. The van der Waals surface area contributed by atoms with Crippen LogP contribution in [0.1, 0.15) is 22.3 Å². The summed E-state index contributed by atoms with van der Waals surface area (Å²) in [5.41, 5.74) is 2.66. The van der Waals surface area contributed by atoms with E-state index in [2.05, 4.69) is 11.9 Å². The Morgan fingerprint density at radius 1 is 1.21 bits per heavy atom. The van der Waals surface area contributed by atoms with E-state index in [4.69, 9.17) is 11.6 Å². The number of rotatable bonds is 5. The van der Waals surface area contributed by atoms with E-state index in [1.165, 1.54) is 11.0 Å². The topological polar surface area (TPSA) is 69.7 Å². The summed E-state index contributed by atoms with van der Waals surface area (Å²) in [5.74, 6) is -0.760. The van der Waals surface area contributed by atoms with Gasteiger partial charge in [-0.25, -0.2) is 0 Å². The molecule has 1 N–H and O–H groups in total. The number of carbonyl (C=O) groups is 3. The van der Waals surface area contributed by atoms with Crippen LogP contribution in [-0.2, 0) is 16.0 Å². The first-order chi connectivity index (χ1) is 13.9. The zero-order valence-electron chi connectivity index (χ0n) is 16.2. The third kappa shape index (κ3) is 4.66. The van der Waals surface area contributed by atoms with E-state index in [1.807, 2.05) is 6.07 Å². The smallest absolute Gasteiger partial charge is 0.254 e. The highest BCUT2D eigenvalue weighted by Crippen LogP contribution is 2.30. The van der Waals surface area contributed by atoms with Gasteiger partial charge in [0.2, 0.25) is 11.8 Å². The predicted molar refractivity (Wildman–Crippen MR) is 114 cm³/mol. The zero-order valence-corrected chi connectivity index (χ0v) is 16.9. The van der Waals surface area contributed by atoms with Gasteiger partial charge in [0.25, 0.3) is 5.91 Å². The highest BCUT2D eigenvalue weighted by molar-refractivity contribution is 6.30. The monoisotopic (exact) mass is 411 g/mol. The molecule has 1 aliphatic heterocycles. The van der Waals surface area contributed by atoms with Gasteiger partial charge in [0.05, 0.1) is 6.54 Å². The van der Waals surface area contributed by atoms with Crippen LogP contribution in [0, 0.1) is 0 Å². The molecule has 3 rings (SSSR count). The number of hydrogen-bond acceptors (Lipinski definition) is 3. The Morgan fingerprint density at radius 2 is 1.93 bits per heavy atom. The third-order valence-corrected chi connectivity index (χ3v) is 5.03. The molecule has 0 saturated carbocycles. The second kappa shape index (κ2) is 8.92. The lowest BCUT2D eigenvalue weighted by Gasteiger charge is -2.30. The van der Waals surface area contributed by atoms with E-state index in [0.717, 1.165) is 17.7 Å². The number of carbonyl (C=O) groups excluding carboxylic acids is 3. The van der Waals surface area contributed by atoms with Crippen molar-refractivity contribution in [1.82, 2.24) is 4.90 Å². The fraction of sp³-hybridized carbons (Fsp3) is 0.227. The van der Waals surface area contributed by atoms with Crippen LogP contribution in [0.25, 0.3) is 0 Å². The van der Waals surface area contributed by atoms with Crippen molar-refractivity contribution in [3.63, 3.8) is 0 Å².